The number of thiazole rings is 1. The van der Waals surface area contributed by atoms with Gasteiger partial charge in [-0.1, -0.05) is 11.3 Å². The van der Waals surface area contributed by atoms with Crippen LogP contribution < -0.4 is 10.1 Å². The Bertz CT molecular complexity index is 1230. The van der Waals surface area contributed by atoms with E-state index < -0.39 is 16.8 Å². The van der Waals surface area contributed by atoms with Gasteiger partial charge in [0.1, 0.15) is 6.54 Å². The van der Waals surface area contributed by atoms with Crippen LogP contribution in [0, 0.1) is 10.1 Å². The van der Waals surface area contributed by atoms with Crippen LogP contribution in [0.4, 0.5) is 11.4 Å². The topological polar surface area (TPSA) is 133 Å². The fraction of sp³-hybridized carbons (Fsp3) is 0.158. The maximum atomic E-state index is 12.6. The van der Waals surface area contributed by atoms with Crippen LogP contribution in [0.15, 0.2) is 47.5 Å². The average molecular weight is 428 g/mol. The molecule has 0 aliphatic carbocycles. The molecule has 0 saturated carbocycles. The molecule has 10 nitrogen and oxygen atoms in total. The zero-order valence-electron chi connectivity index (χ0n) is 15.9. The number of nitrogens with one attached hydrogen (secondary N) is 1. The van der Waals surface area contributed by atoms with Crippen molar-refractivity contribution < 1.29 is 24.0 Å². The zero-order valence-corrected chi connectivity index (χ0v) is 16.8. The molecule has 0 atom stereocenters. The van der Waals surface area contributed by atoms with E-state index in [0.29, 0.717) is 15.9 Å². The summed E-state index contributed by atoms with van der Waals surface area (Å²) in [5.74, 6) is -1.37. The Morgan fingerprint density at radius 3 is 2.50 bits per heavy atom. The number of hydrogen-bond donors (Lipinski definition) is 1. The molecule has 2 amide bonds. The lowest BCUT2D eigenvalue weighted by Gasteiger charge is -2.05. The summed E-state index contributed by atoms with van der Waals surface area (Å²) in [4.78, 5) is 50.3. The van der Waals surface area contributed by atoms with Gasteiger partial charge in [-0.15, -0.1) is 0 Å². The molecule has 30 heavy (non-hydrogen) atoms. The molecule has 0 radical (unpaired) electrons. The van der Waals surface area contributed by atoms with Gasteiger partial charge in [0.2, 0.25) is 5.91 Å². The van der Waals surface area contributed by atoms with Gasteiger partial charge in [-0.25, -0.2) is 0 Å². The van der Waals surface area contributed by atoms with Crippen molar-refractivity contribution in [1.82, 2.24) is 4.57 Å². The number of esters is 1. The monoisotopic (exact) mass is 428 g/mol. The minimum atomic E-state index is -0.614. The van der Waals surface area contributed by atoms with Gasteiger partial charge >= 0.3 is 5.97 Å². The first-order chi connectivity index (χ1) is 14.3. The number of aromatic nitrogens is 1. The summed E-state index contributed by atoms with van der Waals surface area (Å²) >= 11 is 1.16. The Morgan fingerprint density at radius 2 is 1.90 bits per heavy atom. The molecule has 0 fully saturated rings. The number of ether oxygens (including phenoxy) is 1. The summed E-state index contributed by atoms with van der Waals surface area (Å²) < 4.78 is 6.96. The van der Waals surface area contributed by atoms with E-state index in [2.05, 4.69) is 10.3 Å². The fourth-order valence-electron chi connectivity index (χ4n) is 2.66. The molecule has 1 N–H and O–H groups in total. The molecule has 0 bridgehead atoms. The number of nitrogens with zero attached hydrogens (tertiary/aromatic N) is 3. The lowest BCUT2D eigenvalue weighted by molar-refractivity contribution is -0.384. The standard InChI is InChI=1S/C19H16N4O6S/c1-11(24)20-13-5-8-15-16(9-13)30-19(22(15)10-17(25)29-2)21-18(26)12-3-6-14(7-4-12)23(27)28/h3-9H,10H2,1-2H3,(H,20,24). The SMILES string of the molecule is COC(=O)Cn1c(=NC(=O)c2ccc([N+](=O)[O-])cc2)sc2cc(NC(C)=O)ccc21. The highest BCUT2D eigenvalue weighted by Gasteiger charge is 2.14. The lowest BCUT2D eigenvalue weighted by atomic mass is 10.2. The third-order valence-corrected chi connectivity index (χ3v) is 5.08. The van der Waals surface area contributed by atoms with E-state index >= 15 is 0 Å². The third kappa shape index (κ3) is 4.58. The van der Waals surface area contributed by atoms with Gasteiger partial charge in [0, 0.05) is 30.3 Å². The van der Waals surface area contributed by atoms with Crippen molar-refractivity contribution in [2.75, 3.05) is 12.4 Å². The van der Waals surface area contributed by atoms with Gasteiger partial charge in [-0.2, -0.15) is 4.99 Å². The first-order valence-corrected chi connectivity index (χ1v) is 9.41. The van der Waals surface area contributed by atoms with Gasteiger partial charge in [0.05, 0.1) is 22.2 Å². The summed E-state index contributed by atoms with van der Waals surface area (Å²) in [5.41, 5.74) is 1.23. The first kappa shape index (κ1) is 20.9. The quantitative estimate of drug-likeness (QED) is 0.377. The van der Waals surface area contributed by atoms with Crippen molar-refractivity contribution in [3.63, 3.8) is 0 Å². The molecule has 3 aromatic rings. The Kier molecular flexibility index (Phi) is 6.02. The molecule has 0 unspecified atom stereocenters. The largest absolute Gasteiger partial charge is 0.468 e. The Hall–Kier alpha value is -3.86. The number of nitro groups is 1. The van der Waals surface area contributed by atoms with E-state index in [-0.39, 0.29) is 28.5 Å². The molecule has 0 spiro atoms. The van der Waals surface area contributed by atoms with Gasteiger partial charge < -0.3 is 14.6 Å². The third-order valence-electron chi connectivity index (χ3n) is 4.04. The minimum Gasteiger partial charge on any atom is -0.468 e. The second-order valence-electron chi connectivity index (χ2n) is 6.13. The molecule has 11 heteroatoms. The van der Waals surface area contributed by atoms with Crippen LogP contribution in [-0.2, 0) is 20.9 Å². The number of hydrogen-bond acceptors (Lipinski definition) is 7. The predicted octanol–water partition coefficient (Wildman–Crippen LogP) is 2.48. The number of fused-ring (bicyclic) bond motifs is 1. The van der Waals surface area contributed by atoms with Gasteiger partial charge in [0.15, 0.2) is 4.80 Å². The molecule has 0 aliphatic rings. The van der Waals surface area contributed by atoms with Gasteiger partial charge in [-0.3, -0.25) is 24.5 Å². The Labute approximate surface area is 173 Å². The maximum absolute atomic E-state index is 12.6. The molecular weight excluding hydrogens is 412 g/mol. The molecule has 154 valence electrons. The molecule has 2 aromatic carbocycles. The highest BCUT2D eigenvalue weighted by Crippen LogP contribution is 2.22. The van der Waals surface area contributed by atoms with Crippen LogP contribution in [0.2, 0.25) is 0 Å². The number of methoxy groups -OCH3 is 1. The van der Waals surface area contributed by atoms with E-state index in [9.17, 15) is 24.5 Å². The van der Waals surface area contributed by atoms with Crippen LogP contribution in [0.1, 0.15) is 17.3 Å². The highest BCUT2D eigenvalue weighted by atomic mass is 32.1. The summed E-state index contributed by atoms with van der Waals surface area (Å²) in [6.45, 7) is 1.22. The first-order valence-electron chi connectivity index (χ1n) is 8.60. The number of nitro benzene ring substituents is 1. The number of benzene rings is 2. The smallest absolute Gasteiger partial charge is 0.325 e. The second-order valence-corrected chi connectivity index (χ2v) is 7.14. The van der Waals surface area contributed by atoms with Crippen LogP contribution >= 0.6 is 11.3 Å². The van der Waals surface area contributed by atoms with Crippen molar-refractivity contribution in [3.8, 4) is 0 Å². The van der Waals surface area contributed by atoms with E-state index in [1.54, 1.807) is 18.2 Å². The summed E-state index contributed by atoms with van der Waals surface area (Å²) in [5, 5.41) is 13.4. The summed E-state index contributed by atoms with van der Waals surface area (Å²) in [6, 6.07) is 10.2. The average Bonchev–Trinajstić information content (AvgIpc) is 3.03. The van der Waals surface area contributed by atoms with E-state index in [1.165, 1.54) is 42.9 Å². The molecule has 0 aliphatic heterocycles. The Morgan fingerprint density at radius 1 is 1.20 bits per heavy atom. The van der Waals surface area contributed by atoms with Gasteiger partial charge in [0.25, 0.3) is 11.6 Å². The molecular formula is C19H16N4O6S. The van der Waals surface area contributed by atoms with E-state index in [0.717, 1.165) is 11.3 Å². The normalized spacial score (nSPS) is 11.3. The summed E-state index contributed by atoms with van der Waals surface area (Å²) in [6.07, 6.45) is 0. The van der Waals surface area contributed by atoms with Crippen molar-refractivity contribution >= 4 is 50.7 Å². The predicted molar refractivity (Wildman–Crippen MR) is 109 cm³/mol. The van der Waals surface area contributed by atoms with Crippen LogP contribution in [0.3, 0.4) is 0 Å². The number of rotatable bonds is 5. The number of amides is 2. The van der Waals surface area contributed by atoms with Crippen LogP contribution in [-0.4, -0.2) is 34.4 Å². The number of carbonyl (C=O) groups excluding carboxylic acids is 3. The number of anilines is 1. The zero-order chi connectivity index (χ0) is 21.8. The van der Waals surface area contributed by atoms with Crippen LogP contribution in [0.25, 0.3) is 10.2 Å². The molecule has 1 heterocycles. The van der Waals surface area contributed by atoms with E-state index in [4.69, 9.17) is 4.74 Å². The van der Waals surface area contributed by atoms with Crippen molar-refractivity contribution in [3.05, 3.63) is 62.9 Å². The maximum Gasteiger partial charge on any atom is 0.325 e. The number of carbonyl (C=O) groups is 3. The van der Waals surface area contributed by atoms with Crippen molar-refractivity contribution in [1.29, 1.82) is 0 Å². The molecule has 3 rings (SSSR count). The minimum absolute atomic E-state index is 0.139. The Balaban J connectivity index is 2.08. The highest BCUT2D eigenvalue weighted by molar-refractivity contribution is 7.16. The van der Waals surface area contributed by atoms with E-state index in [1.807, 2.05) is 0 Å². The summed E-state index contributed by atoms with van der Waals surface area (Å²) in [7, 11) is 1.26. The molecule has 1 aromatic heterocycles. The number of non-ortho nitro benzene ring substituents is 1. The lowest BCUT2D eigenvalue weighted by Crippen LogP contribution is -2.22. The second kappa shape index (κ2) is 8.66. The van der Waals surface area contributed by atoms with Crippen molar-refractivity contribution in [2.24, 2.45) is 4.99 Å². The van der Waals surface area contributed by atoms with Crippen molar-refractivity contribution in [2.45, 2.75) is 13.5 Å². The fourth-order valence-corrected chi connectivity index (χ4v) is 3.73. The van der Waals surface area contributed by atoms with Crippen LogP contribution in [0.5, 0.6) is 0 Å². The van der Waals surface area contributed by atoms with Gasteiger partial charge in [-0.05, 0) is 30.3 Å². The molecule has 0 saturated heterocycles.